The first-order valence-electron chi connectivity index (χ1n) is 4.26. The summed E-state index contributed by atoms with van der Waals surface area (Å²) in [5, 5.41) is 3.26. The fourth-order valence-corrected chi connectivity index (χ4v) is 1.69. The number of benzene rings is 1. The summed E-state index contributed by atoms with van der Waals surface area (Å²) in [6.45, 7) is 0. The highest BCUT2D eigenvalue weighted by Gasteiger charge is 2.01. The Morgan fingerprint density at radius 3 is 2.79 bits per heavy atom. The number of anilines is 2. The molecule has 72 valence electrons. The molecule has 0 bridgehead atoms. The smallest absolute Gasteiger partial charge is 0.207 e. The molecule has 0 aliphatic rings. The Morgan fingerprint density at radius 2 is 2.14 bits per heavy atom. The second-order valence-corrected chi connectivity index (χ2v) is 4.13. The molecule has 2 rings (SSSR count). The maximum Gasteiger partial charge on any atom is 0.207 e. The predicted octanol–water partition coefficient (Wildman–Crippen LogP) is 2.77. The van der Waals surface area contributed by atoms with Gasteiger partial charge in [-0.05, 0) is 34.7 Å². The van der Waals surface area contributed by atoms with E-state index in [1.165, 1.54) is 3.57 Å². The number of aryl methyl sites for hydroxylation is 1. The Balaban J connectivity index is 2.28. The molecule has 0 fully saturated rings. The van der Waals surface area contributed by atoms with Gasteiger partial charge in [0.25, 0.3) is 0 Å². The van der Waals surface area contributed by atoms with E-state index in [4.69, 9.17) is 0 Å². The van der Waals surface area contributed by atoms with Gasteiger partial charge in [0.15, 0.2) is 0 Å². The lowest BCUT2D eigenvalue weighted by Gasteiger charge is -2.07. The number of imidazole rings is 1. The van der Waals surface area contributed by atoms with E-state index in [1.807, 2.05) is 36.0 Å². The molecular weight excluding hydrogens is 289 g/mol. The highest BCUT2D eigenvalue weighted by Crippen LogP contribution is 2.20. The molecule has 0 saturated carbocycles. The first-order valence-corrected chi connectivity index (χ1v) is 5.34. The van der Waals surface area contributed by atoms with Crippen LogP contribution in [-0.2, 0) is 7.05 Å². The molecule has 0 aliphatic carbocycles. The van der Waals surface area contributed by atoms with Crippen LogP contribution in [0.15, 0.2) is 36.7 Å². The molecule has 3 nitrogen and oxygen atoms in total. The monoisotopic (exact) mass is 299 g/mol. The van der Waals surface area contributed by atoms with Crippen LogP contribution in [0.2, 0.25) is 0 Å². The molecule has 0 amide bonds. The molecule has 0 unspecified atom stereocenters. The fourth-order valence-electron chi connectivity index (χ4n) is 1.17. The molecule has 1 N–H and O–H groups in total. The lowest BCUT2D eigenvalue weighted by molar-refractivity contribution is 0.924. The third-order valence-electron chi connectivity index (χ3n) is 1.94. The van der Waals surface area contributed by atoms with Gasteiger partial charge in [-0.3, -0.25) is 0 Å². The Labute approximate surface area is 96.3 Å². The van der Waals surface area contributed by atoms with Crippen LogP contribution < -0.4 is 5.32 Å². The van der Waals surface area contributed by atoms with E-state index < -0.39 is 0 Å². The molecule has 0 spiro atoms. The molecule has 14 heavy (non-hydrogen) atoms. The summed E-state index contributed by atoms with van der Waals surface area (Å²) in [6.07, 6.45) is 3.69. The van der Waals surface area contributed by atoms with Crippen molar-refractivity contribution in [2.45, 2.75) is 0 Å². The van der Waals surface area contributed by atoms with Crippen LogP contribution in [0.3, 0.4) is 0 Å². The van der Waals surface area contributed by atoms with Crippen LogP contribution in [0.5, 0.6) is 0 Å². The van der Waals surface area contributed by atoms with Gasteiger partial charge in [-0.1, -0.05) is 12.1 Å². The van der Waals surface area contributed by atoms with Gasteiger partial charge in [0, 0.05) is 23.0 Å². The standard InChI is InChI=1S/C10H10IN3/c1-14-7-6-12-10(14)13-9-5-3-2-4-8(9)11/h2-7H,1H3,(H,12,13). The molecule has 4 heteroatoms. The van der Waals surface area contributed by atoms with Crippen molar-refractivity contribution in [3.8, 4) is 0 Å². The van der Waals surface area contributed by atoms with E-state index in [9.17, 15) is 0 Å². The van der Waals surface area contributed by atoms with E-state index in [1.54, 1.807) is 6.20 Å². The molecule has 1 aromatic carbocycles. The van der Waals surface area contributed by atoms with Gasteiger partial charge in [-0.15, -0.1) is 0 Å². The quantitative estimate of drug-likeness (QED) is 0.864. The van der Waals surface area contributed by atoms with Crippen molar-refractivity contribution in [1.29, 1.82) is 0 Å². The number of para-hydroxylation sites is 1. The highest BCUT2D eigenvalue weighted by atomic mass is 127. The van der Waals surface area contributed by atoms with Crippen molar-refractivity contribution in [2.24, 2.45) is 7.05 Å². The molecule has 1 aromatic heterocycles. The van der Waals surface area contributed by atoms with E-state index in [0.29, 0.717) is 0 Å². The van der Waals surface area contributed by atoms with Gasteiger partial charge in [-0.25, -0.2) is 4.98 Å². The normalized spacial score (nSPS) is 10.1. The van der Waals surface area contributed by atoms with Gasteiger partial charge in [0.05, 0.1) is 5.69 Å². The average Bonchev–Trinajstić information content (AvgIpc) is 2.56. The van der Waals surface area contributed by atoms with E-state index >= 15 is 0 Å². The molecule has 0 saturated heterocycles. The lowest BCUT2D eigenvalue weighted by Crippen LogP contribution is -1.99. The maximum absolute atomic E-state index is 4.20. The predicted molar refractivity (Wildman–Crippen MR) is 65.6 cm³/mol. The largest absolute Gasteiger partial charge is 0.325 e. The fraction of sp³-hybridized carbons (Fsp3) is 0.100. The third-order valence-corrected chi connectivity index (χ3v) is 2.88. The zero-order valence-electron chi connectivity index (χ0n) is 7.74. The molecular formula is C10H10IN3. The van der Waals surface area contributed by atoms with Crippen molar-refractivity contribution in [2.75, 3.05) is 5.32 Å². The van der Waals surface area contributed by atoms with Gasteiger partial charge >= 0.3 is 0 Å². The van der Waals surface area contributed by atoms with E-state index in [2.05, 4.69) is 39.0 Å². The van der Waals surface area contributed by atoms with Crippen molar-refractivity contribution < 1.29 is 0 Å². The summed E-state index contributed by atoms with van der Waals surface area (Å²) < 4.78 is 3.14. The zero-order valence-corrected chi connectivity index (χ0v) is 9.89. The van der Waals surface area contributed by atoms with Crippen LogP contribution in [0.25, 0.3) is 0 Å². The first kappa shape index (κ1) is 9.51. The van der Waals surface area contributed by atoms with E-state index in [0.717, 1.165) is 11.6 Å². The third kappa shape index (κ3) is 1.89. The Bertz CT molecular complexity index is 436. The van der Waals surface area contributed by atoms with Gasteiger partial charge in [0.2, 0.25) is 5.95 Å². The average molecular weight is 299 g/mol. The summed E-state index contributed by atoms with van der Waals surface area (Å²) >= 11 is 2.30. The summed E-state index contributed by atoms with van der Waals surface area (Å²) in [6, 6.07) is 8.13. The number of nitrogens with zero attached hydrogens (tertiary/aromatic N) is 2. The Kier molecular flexibility index (Phi) is 2.72. The number of halogens is 1. The van der Waals surface area contributed by atoms with Gasteiger partial charge in [-0.2, -0.15) is 0 Å². The van der Waals surface area contributed by atoms with Crippen molar-refractivity contribution >= 4 is 34.2 Å². The summed E-state index contributed by atoms with van der Waals surface area (Å²) in [4.78, 5) is 4.20. The van der Waals surface area contributed by atoms with Gasteiger partial charge < -0.3 is 9.88 Å². The minimum absolute atomic E-state index is 0.856. The maximum atomic E-state index is 4.20. The number of nitrogens with one attached hydrogen (secondary N) is 1. The van der Waals surface area contributed by atoms with Gasteiger partial charge in [0.1, 0.15) is 0 Å². The van der Waals surface area contributed by atoms with E-state index in [-0.39, 0.29) is 0 Å². The van der Waals surface area contributed by atoms with Crippen LogP contribution in [0.4, 0.5) is 11.6 Å². The number of aromatic nitrogens is 2. The first-order chi connectivity index (χ1) is 6.77. The second kappa shape index (κ2) is 4.00. The number of rotatable bonds is 2. The van der Waals surface area contributed by atoms with Crippen molar-refractivity contribution in [3.63, 3.8) is 0 Å². The molecule has 0 aliphatic heterocycles. The van der Waals surface area contributed by atoms with Crippen LogP contribution >= 0.6 is 22.6 Å². The summed E-state index contributed by atoms with van der Waals surface area (Å²) in [7, 11) is 1.96. The minimum atomic E-state index is 0.856. The zero-order chi connectivity index (χ0) is 9.97. The van der Waals surface area contributed by atoms with Crippen molar-refractivity contribution in [1.82, 2.24) is 9.55 Å². The highest BCUT2D eigenvalue weighted by molar-refractivity contribution is 14.1. The Morgan fingerprint density at radius 1 is 1.36 bits per heavy atom. The second-order valence-electron chi connectivity index (χ2n) is 2.97. The van der Waals surface area contributed by atoms with Crippen LogP contribution in [0, 0.1) is 3.57 Å². The number of hydrogen-bond donors (Lipinski definition) is 1. The summed E-state index contributed by atoms with van der Waals surface area (Å²) in [5.41, 5.74) is 1.09. The SMILES string of the molecule is Cn1ccnc1Nc1ccccc1I. The lowest BCUT2D eigenvalue weighted by atomic mass is 10.3. The molecule has 0 radical (unpaired) electrons. The molecule has 1 heterocycles. The van der Waals surface area contributed by atoms with Crippen LogP contribution in [-0.4, -0.2) is 9.55 Å². The Hall–Kier alpha value is -1.04. The molecule has 2 aromatic rings. The minimum Gasteiger partial charge on any atom is -0.325 e. The summed E-state index contributed by atoms with van der Waals surface area (Å²) in [5.74, 6) is 0.856. The topological polar surface area (TPSA) is 29.9 Å². The number of hydrogen-bond acceptors (Lipinski definition) is 2. The molecule has 0 atom stereocenters. The van der Waals surface area contributed by atoms with Crippen molar-refractivity contribution in [3.05, 3.63) is 40.2 Å². The van der Waals surface area contributed by atoms with Crippen LogP contribution in [0.1, 0.15) is 0 Å².